The maximum absolute atomic E-state index is 11.4. The van der Waals surface area contributed by atoms with Crippen molar-refractivity contribution >= 4 is 27.5 Å². The number of nitrogens with zero attached hydrogens (tertiary/aromatic N) is 1. The van der Waals surface area contributed by atoms with Crippen LogP contribution < -0.4 is 10.6 Å². The second-order valence-corrected chi connectivity index (χ2v) is 5.54. The molecule has 6 nitrogen and oxygen atoms in total. The van der Waals surface area contributed by atoms with Gasteiger partial charge in [-0.1, -0.05) is 12.1 Å². The predicted molar refractivity (Wildman–Crippen MR) is 78.2 cm³/mol. The van der Waals surface area contributed by atoms with Crippen LogP contribution in [0.1, 0.15) is 18.4 Å². The summed E-state index contributed by atoms with van der Waals surface area (Å²) in [6, 6.07) is 4.95. The smallest absolute Gasteiger partial charge is 0.283 e. The van der Waals surface area contributed by atoms with Crippen molar-refractivity contribution < 1.29 is 9.72 Å². The molecule has 0 unspecified atom stereocenters. The number of halogens is 1. The molecule has 0 bridgehead atoms. The molecule has 0 radical (unpaired) electrons. The van der Waals surface area contributed by atoms with Gasteiger partial charge in [-0.3, -0.25) is 14.9 Å². The van der Waals surface area contributed by atoms with Gasteiger partial charge in [0, 0.05) is 31.6 Å². The second kappa shape index (κ2) is 6.81. The van der Waals surface area contributed by atoms with Crippen LogP contribution in [-0.4, -0.2) is 23.9 Å². The Morgan fingerprint density at radius 3 is 2.80 bits per heavy atom. The number of nitro groups is 1. The van der Waals surface area contributed by atoms with Crippen molar-refractivity contribution in [3.05, 3.63) is 38.3 Å². The summed E-state index contributed by atoms with van der Waals surface area (Å²) in [4.78, 5) is 21.8. The molecule has 0 spiro atoms. The van der Waals surface area contributed by atoms with Crippen molar-refractivity contribution in [2.45, 2.75) is 19.4 Å². The van der Waals surface area contributed by atoms with E-state index in [1.807, 2.05) is 6.07 Å². The van der Waals surface area contributed by atoms with Crippen LogP contribution in [-0.2, 0) is 11.3 Å². The first-order chi connectivity index (χ1) is 9.59. The summed E-state index contributed by atoms with van der Waals surface area (Å²) in [5.41, 5.74) is 0.888. The number of carbonyl (C=O) groups is 1. The van der Waals surface area contributed by atoms with Crippen LogP contribution in [0.3, 0.4) is 0 Å². The number of amides is 1. The molecule has 1 saturated carbocycles. The van der Waals surface area contributed by atoms with Gasteiger partial charge in [-0.2, -0.15) is 0 Å². The van der Waals surface area contributed by atoms with Crippen molar-refractivity contribution in [3.63, 3.8) is 0 Å². The Kier molecular flexibility index (Phi) is 5.08. The Balaban J connectivity index is 1.75. The molecule has 0 heterocycles. The number of nitrogens with one attached hydrogen (secondary N) is 2. The topological polar surface area (TPSA) is 84.3 Å². The third-order valence-electron chi connectivity index (χ3n) is 3.12. The normalized spacial score (nSPS) is 14.1. The number of benzene rings is 1. The summed E-state index contributed by atoms with van der Waals surface area (Å²) in [6.45, 7) is 1.72. The summed E-state index contributed by atoms with van der Waals surface area (Å²) in [7, 11) is 0. The van der Waals surface area contributed by atoms with Crippen molar-refractivity contribution in [3.8, 4) is 0 Å². The van der Waals surface area contributed by atoms with Crippen molar-refractivity contribution in [2.75, 3.05) is 13.1 Å². The molecule has 20 heavy (non-hydrogen) atoms. The molecule has 0 saturated heterocycles. The third kappa shape index (κ3) is 4.01. The zero-order chi connectivity index (χ0) is 14.5. The molecule has 0 aromatic heterocycles. The molecule has 0 aliphatic heterocycles. The van der Waals surface area contributed by atoms with Crippen molar-refractivity contribution in [1.82, 2.24) is 10.6 Å². The van der Waals surface area contributed by atoms with E-state index in [0.29, 0.717) is 24.1 Å². The summed E-state index contributed by atoms with van der Waals surface area (Å²) in [5.74, 6) is 0.351. The zero-order valence-corrected chi connectivity index (χ0v) is 12.5. The van der Waals surface area contributed by atoms with E-state index in [9.17, 15) is 14.9 Å². The molecule has 108 valence electrons. The lowest BCUT2D eigenvalue weighted by atomic mass is 10.2. The van der Waals surface area contributed by atoms with E-state index in [-0.39, 0.29) is 17.5 Å². The van der Waals surface area contributed by atoms with E-state index in [2.05, 4.69) is 26.6 Å². The maximum Gasteiger partial charge on any atom is 0.283 e. The fourth-order valence-corrected chi connectivity index (χ4v) is 2.38. The zero-order valence-electron chi connectivity index (χ0n) is 10.9. The van der Waals surface area contributed by atoms with E-state index >= 15 is 0 Å². The molecule has 1 aromatic carbocycles. The van der Waals surface area contributed by atoms with Gasteiger partial charge in [-0.15, -0.1) is 0 Å². The highest BCUT2D eigenvalue weighted by atomic mass is 79.9. The second-order valence-electron chi connectivity index (χ2n) is 4.75. The molecular weight excluding hydrogens is 326 g/mol. The monoisotopic (exact) mass is 341 g/mol. The van der Waals surface area contributed by atoms with E-state index in [4.69, 9.17) is 0 Å². The Morgan fingerprint density at radius 1 is 1.40 bits per heavy atom. The van der Waals surface area contributed by atoms with Gasteiger partial charge in [0.2, 0.25) is 5.91 Å². The fourth-order valence-electron chi connectivity index (χ4n) is 1.83. The summed E-state index contributed by atoms with van der Waals surface area (Å²) in [6.07, 6.45) is 2.00. The van der Waals surface area contributed by atoms with Crippen LogP contribution in [0.15, 0.2) is 22.7 Å². The van der Waals surface area contributed by atoms with E-state index in [1.54, 1.807) is 6.07 Å². The summed E-state index contributed by atoms with van der Waals surface area (Å²) >= 11 is 3.25. The molecule has 0 atom stereocenters. The number of rotatable bonds is 7. The third-order valence-corrected chi connectivity index (χ3v) is 4.04. The van der Waals surface area contributed by atoms with Gasteiger partial charge < -0.3 is 10.6 Å². The van der Waals surface area contributed by atoms with Crippen molar-refractivity contribution in [1.29, 1.82) is 0 Å². The van der Waals surface area contributed by atoms with E-state index < -0.39 is 4.92 Å². The van der Waals surface area contributed by atoms with Crippen molar-refractivity contribution in [2.24, 2.45) is 5.92 Å². The quantitative estimate of drug-likeness (QED) is 0.451. The average Bonchev–Trinajstić information content (AvgIpc) is 3.24. The Hall–Kier alpha value is -1.47. The first-order valence-electron chi connectivity index (χ1n) is 6.50. The van der Waals surface area contributed by atoms with Crippen LogP contribution in [0.4, 0.5) is 5.69 Å². The Bertz CT molecular complexity index is 518. The average molecular weight is 342 g/mol. The van der Waals surface area contributed by atoms with Crippen LogP contribution >= 0.6 is 15.9 Å². The molecule has 1 amide bonds. The first-order valence-corrected chi connectivity index (χ1v) is 7.29. The lowest BCUT2D eigenvalue weighted by Gasteiger charge is -2.08. The minimum atomic E-state index is -0.413. The molecule has 1 fully saturated rings. The lowest BCUT2D eigenvalue weighted by Crippen LogP contribution is -2.32. The van der Waals surface area contributed by atoms with Gasteiger partial charge in [-0.05, 0) is 34.3 Å². The lowest BCUT2D eigenvalue weighted by molar-refractivity contribution is -0.385. The molecule has 1 aliphatic carbocycles. The van der Waals surface area contributed by atoms with E-state index in [0.717, 1.165) is 18.4 Å². The highest BCUT2D eigenvalue weighted by Gasteiger charge is 2.28. The fraction of sp³-hybridized carbons (Fsp3) is 0.462. The standard InChI is InChI=1S/C13H16BrN3O3/c14-12-10(2-1-3-11(12)17(19)20)8-15-6-7-16-13(18)9-4-5-9/h1-3,9,15H,4-8H2,(H,16,18). The van der Waals surface area contributed by atoms with Crippen LogP contribution in [0.2, 0.25) is 0 Å². The molecule has 1 aliphatic rings. The predicted octanol–water partition coefficient (Wildman–Crippen LogP) is 1.97. The SMILES string of the molecule is O=C(NCCNCc1cccc([N+](=O)[O-])c1Br)C1CC1. The number of nitro benzene ring substituents is 1. The number of hydrogen-bond donors (Lipinski definition) is 2. The van der Waals surface area contributed by atoms with Gasteiger partial charge in [-0.25, -0.2) is 0 Å². The van der Waals surface area contributed by atoms with Gasteiger partial charge >= 0.3 is 0 Å². The highest BCUT2D eigenvalue weighted by molar-refractivity contribution is 9.10. The molecular formula is C13H16BrN3O3. The number of carbonyl (C=O) groups excluding carboxylic acids is 1. The minimum Gasteiger partial charge on any atom is -0.355 e. The number of hydrogen-bond acceptors (Lipinski definition) is 4. The van der Waals surface area contributed by atoms with Gasteiger partial charge in [0.15, 0.2) is 0 Å². The van der Waals surface area contributed by atoms with Crippen LogP contribution in [0.5, 0.6) is 0 Å². The molecule has 1 aromatic rings. The summed E-state index contributed by atoms with van der Waals surface area (Å²) in [5, 5.41) is 16.8. The molecule has 2 N–H and O–H groups in total. The Morgan fingerprint density at radius 2 is 2.15 bits per heavy atom. The minimum absolute atomic E-state index is 0.0614. The van der Waals surface area contributed by atoms with Gasteiger partial charge in [0.1, 0.15) is 0 Å². The Labute approximate surface area is 125 Å². The summed E-state index contributed by atoms with van der Waals surface area (Å²) < 4.78 is 0.500. The first kappa shape index (κ1) is 14.9. The maximum atomic E-state index is 11.4. The van der Waals surface area contributed by atoms with Gasteiger partial charge in [0.25, 0.3) is 5.69 Å². The van der Waals surface area contributed by atoms with Crippen LogP contribution in [0.25, 0.3) is 0 Å². The molecule has 2 rings (SSSR count). The van der Waals surface area contributed by atoms with Gasteiger partial charge in [0.05, 0.1) is 9.40 Å². The van der Waals surface area contributed by atoms with Crippen LogP contribution in [0, 0.1) is 16.0 Å². The molecule has 7 heteroatoms. The highest BCUT2D eigenvalue weighted by Crippen LogP contribution is 2.29. The largest absolute Gasteiger partial charge is 0.355 e. The van der Waals surface area contributed by atoms with E-state index in [1.165, 1.54) is 6.07 Å².